The number of nitrogens with zero attached hydrogens (tertiary/aromatic N) is 1. The molecule has 6 nitrogen and oxygen atoms in total. The molecule has 0 bridgehead atoms. The Morgan fingerprint density at radius 3 is 2.73 bits per heavy atom. The molecular weight excluding hydrogens is 302 g/mol. The predicted octanol–water partition coefficient (Wildman–Crippen LogP) is 0.553. The molecule has 1 unspecified atom stereocenters. The lowest BCUT2D eigenvalue weighted by molar-refractivity contribution is -0.125. The van der Waals surface area contributed by atoms with E-state index in [1.807, 2.05) is 0 Å². The van der Waals surface area contributed by atoms with Crippen molar-refractivity contribution in [1.82, 2.24) is 14.9 Å². The molecule has 22 heavy (non-hydrogen) atoms. The molecule has 2 N–H and O–H groups in total. The average Bonchev–Trinajstić information content (AvgIpc) is 2.53. The number of piperidine rings is 1. The van der Waals surface area contributed by atoms with Crippen molar-refractivity contribution in [3.8, 4) is 0 Å². The molecule has 1 aromatic carbocycles. The molecule has 1 fully saturated rings. The van der Waals surface area contributed by atoms with Gasteiger partial charge in [0.2, 0.25) is 15.9 Å². The summed E-state index contributed by atoms with van der Waals surface area (Å²) in [6.07, 6.45) is 1.86. The Bertz CT molecular complexity index is 623. The fraction of sp³-hybridized carbons (Fsp3) is 0.533. The Kier molecular flexibility index (Phi) is 5.55. The highest BCUT2D eigenvalue weighted by Gasteiger charge is 2.23. The number of nitrogens with one attached hydrogen (secondary N) is 2. The monoisotopic (exact) mass is 325 g/mol. The van der Waals surface area contributed by atoms with Gasteiger partial charge >= 0.3 is 0 Å². The molecule has 0 saturated carbocycles. The zero-order valence-electron chi connectivity index (χ0n) is 13.0. The highest BCUT2D eigenvalue weighted by atomic mass is 32.2. The maximum absolute atomic E-state index is 12.3. The van der Waals surface area contributed by atoms with Crippen molar-refractivity contribution in [2.45, 2.75) is 24.3 Å². The van der Waals surface area contributed by atoms with Crippen molar-refractivity contribution in [3.05, 3.63) is 29.8 Å². The lowest BCUT2D eigenvalue weighted by Crippen LogP contribution is -2.40. The van der Waals surface area contributed by atoms with Gasteiger partial charge in [-0.15, -0.1) is 0 Å². The zero-order chi connectivity index (χ0) is 16.2. The minimum atomic E-state index is -3.51. The van der Waals surface area contributed by atoms with E-state index in [0.717, 1.165) is 19.4 Å². The van der Waals surface area contributed by atoms with Crippen molar-refractivity contribution in [2.75, 3.05) is 27.2 Å². The number of carbonyl (C=O) groups excluding carboxylic acids is 1. The minimum Gasteiger partial charge on any atom is -0.352 e. The second-order valence-corrected chi connectivity index (χ2v) is 7.78. The van der Waals surface area contributed by atoms with E-state index in [0.29, 0.717) is 12.1 Å². The normalized spacial score (nSPS) is 19.1. The van der Waals surface area contributed by atoms with Gasteiger partial charge in [-0.3, -0.25) is 4.79 Å². The van der Waals surface area contributed by atoms with E-state index in [-0.39, 0.29) is 23.3 Å². The van der Waals surface area contributed by atoms with Crippen LogP contribution in [0, 0.1) is 5.92 Å². The van der Waals surface area contributed by atoms with Crippen molar-refractivity contribution in [2.24, 2.45) is 5.92 Å². The SMILES string of the molecule is CN(C)S(=O)(=O)c1ccccc1CNC(=O)C1CCCNC1. The Balaban J connectivity index is 2.09. The quantitative estimate of drug-likeness (QED) is 0.829. The molecule has 1 aliphatic heterocycles. The molecule has 1 aliphatic rings. The number of hydrogen-bond acceptors (Lipinski definition) is 4. The average molecular weight is 325 g/mol. The third kappa shape index (κ3) is 3.85. The van der Waals surface area contributed by atoms with Crippen LogP contribution in [0.2, 0.25) is 0 Å². The molecule has 1 atom stereocenters. The molecule has 122 valence electrons. The van der Waals surface area contributed by atoms with Gasteiger partial charge < -0.3 is 10.6 Å². The number of carbonyl (C=O) groups is 1. The minimum absolute atomic E-state index is 0.0238. The van der Waals surface area contributed by atoms with Crippen LogP contribution in [-0.2, 0) is 21.4 Å². The number of benzene rings is 1. The summed E-state index contributed by atoms with van der Waals surface area (Å²) in [5.74, 6) is -0.0596. The van der Waals surface area contributed by atoms with Gasteiger partial charge in [0.25, 0.3) is 0 Å². The topological polar surface area (TPSA) is 78.5 Å². The predicted molar refractivity (Wildman–Crippen MR) is 84.8 cm³/mol. The van der Waals surface area contributed by atoms with E-state index < -0.39 is 10.0 Å². The lowest BCUT2D eigenvalue weighted by Gasteiger charge is -2.22. The first-order valence-corrected chi connectivity index (χ1v) is 8.86. The highest BCUT2D eigenvalue weighted by Crippen LogP contribution is 2.18. The van der Waals surface area contributed by atoms with Crippen LogP contribution in [0.5, 0.6) is 0 Å². The third-order valence-corrected chi connectivity index (χ3v) is 5.77. The summed E-state index contributed by atoms with van der Waals surface area (Å²) < 4.78 is 25.8. The summed E-state index contributed by atoms with van der Waals surface area (Å²) in [5, 5.41) is 6.06. The first-order valence-electron chi connectivity index (χ1n) is 7.42. The van der Waals surface area contributed by atoms with Gasteiger partial charge in [-0.25, -0.2) is 12.7 Å². The fourth-order valence-electron chi connectivity index (χ4n) is 2.50. The Labute approximate surface area is 131 Å². The van der Waals surface area contributed by atoms with E-state index in [1.54, 1.807) is 24.3 Å². The third-order valence-electron chi connectivity index (χ3n) is 3.85. The molecule has 1 amide bonds. The summed E-state index contributed by atoms with van der Waals surface area (Å²) in [4.78, 5) is 12.4. The molecule has 0 radical (unpaired) electrons. The van der Waals surface area contributed by atoms with E-state index in [1.165, 1.54) is 18.4 Å². The maximum Gasteiger partial charge on any atom is 0.242 e. The van der Waals surface area contributed by atoms with Crippen LogP contribution < -0.4 is 10.6 Å². The molecule has 1 saturated heterocycles. The van der Waals surface area contributed by atoms with Gasteiger partial charge in [-0.1, -0.05) is 18.2 Å². The molecule has 1 heterocycles. The molecule has 0 spiro atoms. The summed E-state index contributed by atoms with van der Waals surface area (Å²) in [7, 11) is -0.514. The Hall–Kier alpha value is -1.44. The van der Waals surface area contributed by atoms with Crippen LogP contribution in [0.4, 0.5) is 0 Å². The number of amides is 1. The van der Waals surface area contributed by atoms with Gasteiger partial charge in [0.1, 0.15) is 0 Å². The number of rotatable bonds is 5. The Morgan fingerprint density at radius 2 is 2.09 bits per heavy atom. The van der Waals surface area contributed by atoms with E-state index >= 15 is 0 Å². The van der Waals surface area contributed by atoms with E-state index in [4.69, 9.17) is 0 Å². The van der Waals surface area contributed by atoms with Crippen LogP contribution in [0.15, 0.2) is 29.2 Å². The van der Waals surface area contributed by atoms with Gasteiger partial charge in [0.15, 0.2) is 0 Å². The van der Waals surface area contributed by atoms with Gasteiger partial charge in [0, 0.05) is 27.2 Å². The maximum atomic E-state index is 12.3. The van der Waals surface area contributed by atoms with Crippen LogP contribution in [0.3, 0.4) is 0 Å². The van der Waals surface area contributed by atoms with Crippen molar-refractivity contribution < 1.29 is 13.2 Å². The van der Waals surface area contributed by atoms with Gasteiger partial charge in [-0.2, -0.15) is 0 Å². The fourth-order valence-corrected chi connectivity index (χ4v) is 3.62. The summed E-state index contributed by atoms with van der Waals surface area (Å²) in [5.41, 5.74) is 0.605. The van der Waals surface area contributed by atoms with Crippen molar-refractivity contribution >= 4 is 15.9 Å². The van der Waals surface area contributed by atoms with Gasteiger partial charge in [0.05, 0.1) is 10.8 Å². The van der Waals surface area contributed by atoms with E-state index in [9.17, 15) is 13.2 Å². The van der Waals surface area contributed by atoms with Crippen molar-refractivity contribution in [3.63, 3.8) is 0 Å². The number of sulfonamides is 1. The first kappa shape index (κ1) is 16.9. The van der Waals surface area contributed by atoms with Gasteiger partial charge in [-0.05, 0) is 31.0 Å². The molecule has 2 rings (SSSR count). The van der Waals surface area contributed by atoms with Crippen LogP contribution in [0.25, 0.3) is 0 Å². The summed E-state index contributed by atoms with van der Waals surface area (Å²) in [6.45, 7) is 1.86. The lowest BCUT2D eigenvalue weighted by atomic mass is 9.99. The van der Waals surface area contributed by atoms with Crippen LogP contribution in [0.1, 0.15) is 18.4 Å². The largest absolute Gasteiger partial charge is 0.352 e. The molecule has 0 aromatic heterocycles. The first-order chi connectivity index (χ1) is 10.4. The molecule has 7 heteroatoms. The number of hydrogen-bond donors (Lipinski definition) is 2. The van der Waals surface area contributed by atoms with E-state index in [2.05, 4.69) is 10.6 Å². The van der Waals surface area contributed by atoms with Crippen LogP contribution in [-0.4, -0.2) is 45.8 Å². The summed E-state index contributed by atoms with van der Waals surface area (Å²) in [6, 6.07) is 6.76. The molecular formula is C15H23N3O3S. The summed E-state index contributed by atoms with van der Waals surface area (Å²) >= 11 is 0. The second kappa shape index (κ2) is 7.21. The van der Waals surface area contributed by atoms with Crippen LogP contribution >= 0.6 is 0 Å². The standard InChI is InChI=1S/C15H23N3O3S/c1-18(2)22(20,21)14-8-4-3-6-12(14)11-17-15(19)13-7-5-9-16-10-13/h3-4,6,8,13,16H,5,7,9-11H2,1-2H3,(H,17,19). The Morgan fingerprint density at radius 1 is 1.36 bits per heavy atom. The highest BCUT2D eigenvalue weighted by molar-refractivity contribution is 7.89. The zero-order valence-corrected chi connectivity index (χ0v) is 13.8. The molecule has 0 aliphatic carbocycles. The smallest absolute Gasteiger partial charge is 0.242 e. The van der Waals surface area contributed by atoms with Crippen molar-refractivity contribution in [1.29, 1.82) is 0 Å². The second-order valence-electron chi connectivity index (χ2n) is 5.66. The molecule has 1 aromatic rings.